The van der Waals surface area contributed by atoms with E-state index in [9.17, 15) is 13.2 Å². The van der Waals surface area contributed by atoms with Crippen molar-refractivity contribution in [1.82, 2.24) is 13.9 Å². The zero-order chi connectivity index (χ0) is 23.6. The summed E-state index contributed by atoms with van der Waals surface area (Å²) in [5, 5.41) is 0.427. The number of rotatable bonds is 7. The van der Waals surface area contributed by atoms with E-state index in [1.807, 2.05) is 11.5 Å². The number of aromatic nitrogens is 2. The van der Waals surface area contributed by atoms with Gasteiger partial charge in [0.15, 0.2) is 0 Å². The molecule has 1 aliphatic heterocycles. The molecule has 1 saturated heterocycles. The molecule has 9 nitrogen and oxygen atoms in total. The molecule has 0 radical (unpaired) electrons. The Morgan fingerprint density at radius 2 is 1.97 bits per heavy atom. The first-order valence-electron chi connectivity index (χ1n) is 10.6. The first-order chi connectivity index (χ1) is 15.8. The third-order valence-electron chi connectivity index (χ3n) is 5.42. The molecule has 2 heterocycles. The molecule has 0 atom stereocenters. The van der Waals surface area contributed by atoms with Crippen molar-refractivity contribution >= 4 is 44.3 Å². The Morgan fingerprint density at radius 1 is 1.21 bits per heavy atom. The molecule has 1 aliphatic rings. The van der Waals surface area contributed by atoms with Crippen LogP contribution in [0.3, 0.4) is 0 Å². The second-order valence-electron chi connectivity index (χ2n) is 7.65. The minimum Gasteiger partial charge on any atom is -0.454 e. The lowest BCUT2D eigenvalue weighted by Gasteiger charge is -2.26. The lowest BCUT2D eigenvalue weighted by atomic mass is 10.2. The van der Waals surface area contributed by atoms with E-state index in [0.717, 1.165) is 11.9 Å². The lowest BCUT2D eigenvalue weighted by molar-refractivity contribution is 0.0459. The number of morpholine rings is 1. The highest BCUT2D eigenvalue weighted by Gasteiger charge is 2.27. The van der Waals surface area contributed by atoms with E-state index in [4.69, 9.17) is 26.8 Å². The van der Waals surface area contributed by atoms with Crippen molar-refractivity contribution in [3.05, 3.63) is 52.8 Å². The number of hydrogen-bond acceptors (Lipinski definition) is 7. The molecule has 1 aromatic heterocycles. The Kier molecular flexibility index (Phi) is 6.89. The van der Waals surface area contributed by atoms with Gasteiger partial charge in [-0.05, 0) is 42.8 Å². The van der Waals surface area contributed by atoms with Crippen LogP contribution in [0.25, 0.3) is 11.0 Å². The van der Waals surface area contributed by atoms with E-state index in [-0.39, 0.29) is 22.8 Å². The predicted octanol–water partition coefficient (Wildman–Crippen LogP) is 3.06. The Labute approximate surface area is 197 Å². The summed E-state index contributed by atoms with van der Waals surface area (Å²) in [7, 11) is -3.65. The van der Waals surface area contributed by atoms with Gasteiger partial charge in [0, 0.05) is 30.3 Å². The van der Waals surface area contributed by atoms with Gasteiger partial charge in [-0.1, -0.05) is 18.5 Å². The van der Waals surface area contributed by atoms with Crippen LogP contribution in [0, 0.1) is 0 Å². The molecular weight excluding hydrogens is 468 g/mol. The van der Waals surface area contributed by atoms with Gasteiger partial charge >= 0.3 is 5.97 Å². The highest BCUT2D eigenvalue weighted by Crippen LogP contribution is 2.25. The van der Waals surface area contributed by atoms with Crippen LogP contribution in [0.15, 0.2) is 41.3 Å². The Morgan fingerprint density at radius 3 is 2.67 bits per heavy atom. The van der Waals surface area contributed by atoms with Crippen molar-refractivity contribution in [3.63, 3.8) is 0 Å². The Balaban J connectivity index is 1.61. The molecule has 176 valence electrons. The zero-order valence-corrected chi connectivity index (χ0v) is 19.7. The van der Waals surface area contributed by atoms with E-state index in [1.54, 1.807) is 24.3 Å². The topological polar surface area (TPSA) is 117 Å². The van der Waals surface area contributed by atoms with Crippen LogP contribution >= 0.6 is 11.6 Å². The summed E-state index contributed by atoms with van der Waals surface area (Å²) in [6, 6.07) is 9.46. The van der Waals surface area contributed by atoms with Gasteiger partial charge in [0.1, 0.15) is 12.4 Å². The number of anilines is 1. The largest absolute Gasteiger partial charge is 0.454 e. The van der Waals surface area contributed by atoms with Gasteiger partial charge in [0.25, 0.3) is 0 Å². The third kappa shape index (κ3) is 4.84. The number of carbonyl (C=O) groups excluding carboxylic acids is 1. The second-order valence-corrected chi connectivity index (χ2v) is 10.0. The van der Waals surface area contributed by atoms with Crippen molar-refractivity contribution in [2.45, 2.75) is 31.4 Å². The van der Waals surface area contributed by atoms with E-state index < -0.39 is 16.0 Å². The summed E-state index contributed by atoms with van der Waals surface area (Å²) in [6.45, 7) is 3.97. The van der Waals surface area contributed by atoms with E-state index in [0.29, 0.717) is 49.2 Å². The van der Waals surface area contributed by atoms with Crippen LogP contribution in [-0.4, -0.2) is 54.5 Å². The number of nitrogens with two attached hydrogens (primary N) is 1. The zero-order valence-electron chi connectivity index (χ0n) is 18.2. The summed E-state index contributed by atoms with van der Waals surface area (Å²) >= 11 is 5.89. The van der Waals surface area contributed by atoms with Crippen molar-refractivity contribution in [2.24, 2.45) is 0 Å². The molecule has 0 unspecified atom stereocenters. The average Bonchev–Trinajstić information content (AvgIpc) is 3.15. The van der Waals surface area contributed by atoms with Gasteiger partial charge in [-0.3, -0.25) is 0 Å². The van der Waals surface area contributed by atoms with Crippen LogP contribution in [0.5, 0.6) is 0 Å². The fourth-order valence-corrected chi connectivity index (χ4v) is 5.38. The minimum atomic E-state index is -3.65. The average molecular weight is 493 g/mol. The van der Waals surface area contributed by atoms with E-state index >= 15 is 0 Å². The van der Waals surface area contributed by atoms with Crippen LogP contribution in [0.4, 0.5) is 5.69 Å². The maximum atomic E-state index is 13.0. The number of carbonyl (C=O) groups is 1. The molecule has 3 aromatic rings. The third-order valence-corrected chi connectivity index (χ3v) is 7.55. The maximum absolute atomic E-state index is 13.0. The molecule has 33 heavy (non-hydrogen) atoms. The number of nitrogen functional groups attached to an aromatic ring is 1. The summed E-state index contributed by atoms with van der Waals surface area (Å²) in [5.41, 5.74) is 7.62. The molecular formula is C22H25ClN4O5S. The first kappa shape index (κ1) is 23.5. The second kappa shape index (κ2) is 9.68. The Hall–Kier alpha value is -2.66. The molecule has 2 N–H and O–H groups in total. The number of nitrogens with zero attached hydrogens (tertiary/aromatic N) is 3. The van der Waals surface area contributed by atoms with Crippen molar-refractivity contribution in [1.29, 1.82) is 0 Å². The van der Waals surface area contributed by atoms with Gasteiger partial charge in [0.05, 0.1) is 34.7 Å². The number of ether oxygens (including phenoxy) is 2. The highest BCUT2D eigenvalue weighted by atomic mass is 35.5. The summed E-state index contributed by atoms with van der Waals surface area (Å²) in [5.74, 6) is -0.0662. The molecule has 0 spiro atoms. The molecule has 11 heteroatoms. The number of esters is 1. The van der Waals surface area contributed by atoms with E-state index in [2.05, 4.69) is 4.98 Å². The number of fused-ring (bicyclic) bond motifs is 1. The van der Waals surface area contributed by atoms with Crippen LogP contribution < -0.4 is 5.73 Å². The van der Waals surface area contributed by atoms with Gasteiger partial charge in [0.2, 0.25) is 10.0 Å². The van der Waals surface area contributed by atoms with Gasteiger partial charge in [-0.2, -0.15) is 4.31 Å². The van der Waals surface area contributed by atoms with Crippen molar-refractivity contribution < 1.29 is 22.7 Å². The molecule has 2 aromatic carbocycles. The van der Waals surface area contributed by atoms with Gasteiger partial charge in [-0.15, -0.1) is 0 Å². The van der Waals surface area contributed by atoms with Crippen LogP contribution in [-0.2, 0) is 32.6 Å². The SMILES string of the molecule is CCCn1c(COC(=O)c2ccc(Cl)cc2N)nc2cc(S(=O)(=O)N3CCOCC3)ccc21. The smallest absolute Gasteiger partial charge is 0.340 e. The van der Waals surface area contributed by atoms with Gasteiger partial charge < -0.3 is 19.8 Å². The number of aryl methyl sites for hydroxylation is 1. The quantitative estimate of drug-likeness (QED) is 0.398. The number of imidazole rings is 1. The Bertz CT molecular complexity index is 1290. The van der Waals surface area contributed by atoms with Crippen LogP contribution in [0.2, 0.25) is 5.02 Å². The predicted molar refractivity (Wildman–Crippen MR) is 125 cm³/mol. The molecule has 0 amide bonds. The first-order valence-corrected chi connectivity index (χ1v) is 12.4. The fraction of sp³-hybridized carbons (Fsp3) is 0.364. The maximum Gasteiger partial charge on any atom is 0.340 e. The molecule has 1 fully saturated rings. The van der Waals surface area contributed by atoms with Crippen molar-refractivity contribution in [3.8, 4) is 0 Å². The molecule has 4 rings (SSSR count). The van der Waals surface area contributed by atoms with Crippen molar-refractivity contribution in [2.75, 3.05) is 32.0 Å². The normalized spacial score (nSPS) is 15.1. The molecule has 0 saturated carbocycles. The number of sulfonamides is 1. The number of benzene rings is 2. The number of halogens is 1. The summed E-state index contributed by atoms with van der Waals surface area (Å²) in [4.78, 5) is 17.3. The standard InChI is InChI=1S/C22H25ClN4O5S/c1-2-7-27-20-6-4-16(33(29,30)26-8-10-31-11-9-26)13-19(20)25-21(27)14-32-22(28)17-5-3-15(23)12-18(17)24/h3-6,12-13H,2,7-11,14,24H2,1H3. The fourth-order valence-electron chi connectivity index (χ4n) is 3.77. The lowest BCUT2D eigenvalue weighted by Crippen LogP contribution is -2.40. The summed E-state index contributed by atoms with van der Waals surface area (Å²) < 4.78 is 40.1. The van der Waals surface area contributed by atoms with E-state index in [1.165, 1.54) is 16.4 Å². The minimum absolute atomic E-state index is 0.0822. The number of hydrogen-bond donors (Lipinski definition) is 1. The van der Waals surface area contributed by atoms with Gasteiger partial charge in [-0.25, -0.2) is 18.2 Å². The molecule has 0 bridgehead atoms. The summed E-state index contributed by atoms with van der Waals surface area (Å²) in [6.07, 6.45) is 0.824. The highest BCUT2D eigenvalue weighted by molar-refractivity contribution is 7.89. The monoisotopic (exact) mass is 492 g/mol. The molecule has 0 aliphatic carbocycles. The van der Waals surface area contributed by atoms with Crippen LogP contribution in [0.1, 0.15) is 29.5 Å².